The van der Waals surface area contributed by atoms with Crippen molar-refractivity contribution in [3.63, 3.8) is 0 Å². The predicted molar refractivity (Wildman–Crippen MR) is 112 cm³/mol. The van der Waals surface area contributed by atoms with Crippen LogP contribution in [0.3, 0.4) is 0 Å². The van der Waals surface area contributed by atoms with Gasteiger partial charge < -0.3 is 10.1 Å². The van der Waals surface area contributed by atoms with Gasteiger partial charge in [-0.3, -0.25) is 4.79 Å². The summed E-state index contributed by atoms with van der Waals surface area (Å²) in [4.78, 5) is 12.4. The molecular formula is C19H19N3O2S3. The molecule has 0 aliphatic heterocycles. The van der Waals surface area contributed by atoms with Gasteiger partial charge in [-0.1, -0.05) is 53.4 Å². The summed E-state index contributed by atoms with van der Waals surface area (Å²) in [6, 6.07) is 17.4. The zero-order chi connectivity index (χ0) is 19.2. The molecule has 1 aromatic heterocycles. The van der Waals surface area contributed by atoms with Crippen LogP contribution in [0.15, 0.2) is 58.9 Å². The number of nitrogens with zero attached hydrogens (tertiary/aromatic N) is 2. The lowest BCUT2D eigenvalue weighted by atomic mass is 10.2. The standard InChI is InChI=1S/C19H19N3O2S3/c1-13(17(23)20-12-14-8-10-16(24-2)11-9-14)26-18-21-22(19(25)27-18)15-6-4-3-5-7-15/h3-11,13H,12H2,1-2H3,(H,20,23)/t13-/m0/s1. The Hall–Kier alpha value is -2.16. The summed E-state index contributed by atoms with van der Waals surface area (Å²) in [5.74, 6) is 0.757. The van der Waals surface area contributed by atoms with Crippen molar-refractivity contribution in [2.24, 2.45) is 0 Å². The number of hydrogen-bond donors (Lipinski definition) is 1. The lowest BCUT2D eigenvalue weighted by Crippen LogP contribution is -2.30. The molecule has 0 bridgehead atoms. The third-order valence-electron chi connectivity index (χ3n) is 3.80. The lowest BCUT2D eigenvalue weighted by Gasteiger charge is -2.10. The molecule has 0 aliphatic carbocycles. The monoisotopic (exact) mass is 417 g/mol. The first-order valence-electron chi connectivity index (χ1n) is 8.29. The summed E-state index contributed by atoms with van der Waals surface area (Å²) < 4.78 is 8.30. The molecule has 0 saturated carbocycles. The number of para-hydroxylation sites is 1. The van der Waals surface area contributed by atoms with E-state index in [1.54, 1.807) is 11.8 Å². The van der Waals surface area contributed by atoms with Gasteiger partial charge in [-0.15, -0.1) is 5.10 Å². The molecule has 1 atom stereocenters. The fraction of sp³-hybridized carbons (Fsp3) is 0.211. The van der Waals surface area contributed by atoms with E-state index in [9.17, 15) is 4.79 Å². The minimum atomic E-state index is -0.270. The fourth-order valence-electron chi connectivity index (χ4n) is 2.32. The van der Waals surface area contributed by atoms with E-state index in [1.165, 1.54) is 23.1 Å². The van der Waals surface area contributed by atoms with E-state index >= 15 is 0 Å². The topological polar surface area (TPSA) is 56.1 Å². The van der Waals surface area contributed by atoms with Gasteiger partial charge in [0.15, 0.2) is 8.29 Å². The molecule has 2 aromatic carbocycles. The van der Waals surface area contributed by atoms with Crippen LogP contribution < -0.4 is 10.1 Å². The maximum atomic E-state index is 12.4. The first-order chi connectivity index (χ1) is 13.1. The van der Waals surface area contributed by atoms with E-state index in [4.69, 9.17) is 17.0 Å². The van der Waals surface area contributed by atoms with Gasteiger partial charge in [0.2, 0.25) is 5.91 Å². The Bertz CT molecular complexity index is 952. The summed E-state index contributed by atoms with van der Waals surface area (Å²) in [6.45, 7) is 2.34. The van der Waals surface area contributed by atoms with Gasteiger partial charge in [0, 0.05) is 6.54 Å². The second-order valence-corrected chi connectivity index (χ2v) is 8.92. The summed E-state index contributed by atoms with van der Waals surface area (Å²) in [6.07, 6.45) is 0. The van der Waals surface area contributed by atoms with E-state index in [1.807, 2.05) is 61.5 Å². The van der Waals surface area contributed by atoms with Crippen molar-refractivity contribution in [2.45, 2.75) is 23.1 Å². The molecule has 0 spiro atoms. The molecule has 3 aromatic rings. The number of carbonyl (C=O) groups is 1. The Kier molecular flexibility index (Phi) is 6.65. The molecule has 0 radical (unpaired) electrons. The molecule has 0 aliphatic rings. The van der Waals surface area contributed by atoms with Crippen LogP contribution in [0.4, 0.5) is 0 Å². The summed E-state index contributed by atoms with van der Waals surface area (Å²) in [5, 5.41) is 7.22. The largest absolute Gasteiger partial charge is 0.497 e. The summed E-state index contributed by atoms with van der Waals surface area (Å²) in [5.41, 5.74) is 1.94. The number of thioether (sulfide) groups is 1. The van der Waals surface area contributed by atoms with Crippen LogP contribution in [0.2, 0.25) is 0 Å². The van der Waals surface area contributed by atoms with Crippen LogP contribution in [0.1, 0.15) is 12.5 Å². The average Bonchev–Trinajstić information content (AvgIpc) is 3.07. The van der Waals surface area contributed by atoms with Crippen LogP contribution in [0.5, 0.6) is 5.75 Å². The van der Waals surface area contributed by atoms with E-state index in [0.29, 0.717) is 10.5 Å². The minimum Gasteiger partial charge on any atom is -0.497 e. The molecule has 0 fully saturated rings. The summed E-state index contributed by atoms with van der Waals surface area (Å²) in [7, 11) is 1.63. The number of carbonyl (C=O) groups excluding carboxylic acids is 1. The number of hydrogen-bond acceptors (Lipinski definition) is 6. The van der Waals surface area contributed by atoms with Crippen LogP contribution in [0.25, 0.3) is 5.69 Å². The quantitative estimate of drug-likeness (QED) is 0.454. The average molecular weight is 418 g/mol. The fourth-order valence-corrected chi connectivity index (χ4v) is 4.85. The first kappa shape index (κ1) is 19.6. The van der Waals surface area contributed by atoms with Crippen molar-refractivity contribution in [3.05, 3.63) is 64.1 Å². The maximum Gasteiger partial charge on any atom is 0.233 e. The highest BCUT2D eigenvalue weighted by Gasteiger charge is 2.17. The Morgan fingerprint density at radius 1 is 1.26 bits per heavy atom. The van der Waals surface area contributed by atoms with Crippen molar-refractivity contribution in [1.29, 1.82) is 0 Å². The van der Waals surface area contributed by atoms with Crippen molar-refractivity contribution in [1.82, 2.24) is 15.1 Å². The van der Waals surface area contributed by atoms with Gasteiger partial charge in [0.05, 0.1) is 18.0 Å². The highest BCUT2D eigenvalue weighted by Crippen LogP contribution is 2.27. The number of aromatic nitrogens is 2. The van der Waals surface area contributed by atoms with Gasteiger partial charge in [-0.2, -0.15) is 0 Å². The molecule has 5 nitrogen and oxygen atoms in total. The third-order valence-corrected chi connectivity index (χ3v) is 6.22. The van der Waals surface area contributed by atoms with Gasteiger partial charge in [0.25, 0.3) is 0 Å². The van der Waals surface area contributed by atoms with Crippen molar-refractivity contribution >= 4 is 41.2 Å². The Labute approximate surface area is 171 Å². The SMILES string of the molecule is COc1ccc(CNC(=O)[C@H](C)Sc2nn(-c3ccccc3)c(=S)s2)cc1. The molecule has 0 saturated heterocycles. The molecule has 3 rings (SSSR count). The minimum absolute atomic E-state index is 0.0387. The summed E-state index contributed by atoms with van der Waals surface area (Å²) >= 11 is 8.22. The Morgan fingerprint density at radius 2 is 1.96 bits per heavy atom. The van der Waals surface area contributed by atoms with Crippen LogP contribution in [-0.2, 0) is 11.3 Å². The van der Waals surface area contributed by atoms with Gasteiger partial charge in [-0.05, 0) is 49.0 Å². The molecule has 8 heteroatoms. The molecule has 0 unspecified atom stereocenters. The zero-order valence-corrected chi connectivity index (χ0v) is 17.4. The van der Waals surface area contributed by atoms with E-state index in [2.05, 4.69) is 10.4 Å². The van der Waals surface area contributed by atoms with Crippen molar-refractivity contribution < 1.29 is 9.53 Å². The highest BCUT2D eigenvalue weighted by atomic mass is 32.2. The predicted octanol–water partition coefficient (Wildman–Crippen LogP) is 4.47. The van der Waals surface area contributed by atoms with E-state index in [-0.39, 0.29) is 11.2 Å². The van der Waals surface area contributed by atoms with Crippen LogP contribution >= 0.6 is 35.3 Å². The second-order valence-electron chi connectivity index (χ2n) is 5.71. The van der Waals surface area contributed by atoms with Crippen molar-refractivity contribution in [3.8, 4) is 11.4 Å². The number of benzene rings is 2. The second kappa shape index (κ2) is 9.16. The maximum absolute atomic E-state index is 12.4. The molecule has 1 amide bonds. The van der Waals surface area contributed by atoms with Crippen molar-refractivity contribution in [2.75, 3.05) is 7.11 Å². The smallest absolute Gasteiger partial charge is 0.233 e. The van der Waals surface area contributed by atoms with Gasteiger partial charge in [-0.25, -0.2) is 4.68 Å². The molecule has 27 heavy (non-hydrogen) atoms. The molecular weight excluding hydrogens is 398 g/mol. The first-order valence-corrected chi connectivity index (χ1v) is 10.4. The molecule has 1 N–H and O–H groups in total. The van der Waals surface area contributed by atoms with E-state index < -0.39 is 0 Å². The number of nitrogens with one attached hydrogen (secondary N) is 1. The number of amides is 1. The number of rotatable bonds is 7. The Morgan fingerprint density at radius 3 is 2.63 bits per heavy atom. The van der Waals surface area contributed by atoms with Gasteiger partial charge in [0.1, 0.15) is 5.75 Å². The molecule has 140 valence electrons. The highest BCUT2D eigenvalue weighted by molar-refractivity contribution is 8.02. The normalized spacial score (nSPS) is 11.8. The zero-order valence-electron chi connectivity index (χ0n) is 14.9. The molecule has 1 heterocycles. The number of ether oxygens (including phenoxy) is 1. The third kappa shape index (κ3) is 5.18. The van der Waals surface area contributed by atoms with Gasteiger partial charge >= 0.3 is 0 Å². The number of methoxy groups -OCH3 is 1. The van der Waals surface area contributed by atoms with Crippen LogP contribution in [0, 0.1) is 3.95 Å². The lowest BCUT2D eigenvalue weighted by molar-refractivity contribution is -0.120. The Balaban J connectivity index is 1.59. The van der Waals surface area contributed by atoms with Crippen LogP contribution in [-0.4, -0.2) is 28.0 Å². The van der Waals surface area contributed by atoms with E-state index in [0.717, 1.165) is 21.3 Å².